The number of esters is 1. The number of nitrogens with one attached hydrogen (secondary N) is 4. The third-order valence-corrected chi connectivity index (χ3v) is 7.33. The van der Waals surface area contributed by atoms with Crippen LogP contribution in [0.2, 0.25) is 0 Å². The molecule has 8 nitrogen and oxygen atoms in total. The molecule has 4 rings (SSSR count). The Kier molecular flexibility index (Phi) is 9.45. The van der Waals surface area contributed by atoms with Crippen molar-refractivity contribution in [2.24, 2.45) is 5.41 Å². The second kappa shape index (κ2) is 13.0. The SMILES string of the molecule is COC(=O)[C@H](Cc1c[nH]c2ccccc12)NC(=O)[C@H](C)NC[C@@H](Cc1cccc2ccccc12)NC(=O)C(C)(C)C. The zero-order valence-electron chi connectivity index (χ0n) is 24.4. The summed E-state index contributed by atoms with van der Waals surface area (Å²) in [6, 6.07) is 20.4. The van der Waals surface area contributed by atoms with Gasteiger partial charge in [-0.2, -0.15) is 0 Å². The van der Waals surface area contributed by atoms with Crippen molar-refractivity contribution < 1.29 is 19.1 Å². The normalized spacial score (nSPS) is 13.9. The summed E-state index contributed by atoms with van der Waals surface area (Å²) >= 11 is 0. The minimum Gasteiger partial charge on any atom is -0.467 e. The van der Waals surface area contributed by atoms with Crippen molar-refractivity contribution in [3.63, 3.8) is 0 Å². The number of benzene rings is 3. The highest BCUT2D eigenvalue weighted by Crippen LogP contribution is 2.21. The minimum absolute atomic E-state index is 0.0638. The monoisotopic (exact) mass is 556 g/mol. The lowest BCUT2D eigenvalue weighted by atomic mass is 9.93. The summed E-state index contributed by atoms with van der Waals surface area (Å²) < 4.78 is 5.00. The van der Waals surface area contributed by atoms with Crippen molar-refractivity contribution >= 4 is 39.5 Å². The average Bonchev–Trinajstić information content (AvgIpc) is 3.37. The van der Waals surface area contributed by atoms with Gasteiger partial charge in [0.2, 0.25) is 11.8 Å². The highest BCUT2D eigenvalue weighted by atomic mass is 16.5. The smallest absolute Gasteiger partial charge is 0.328 e. The molecule has 0 aliphatic carbocycles. The number of carbonyl (C=O) groups excluding carboxylic acids is 3. The highest BCUT2D eigenvalue weighted by Gasteiger charge is 2.28. The second-order valence-corrected chi connectivity index (χ2v) is 11.5. The van der Waals surface area contributed by atoms with E-state index in [9.17, 15) is 14.4 Å². The lowest BCUT2D eigenvalue weighted by molar-refractivity contribution is -0.145. The summed E-state index contributed by atoms with van der Waals surface area (Å²) in [5.74, 6) is -0.903. The molecule has 0 aliphatic heterocycles. The maximum absolute atomic E-state index is 13.2. The number of rotatable bonds is 11. The van der Waals surface area contributed by atoms with Gasteiger partial charge in [-0.1, -0.05) is 81.4 Å². The molecule has 0 radical (unpaired) electrons. The highest BCUT2D eigenvalue weighted by molar-refractivity contribution is 5.89. The van der Waals surface area contributed by atoms with Crippen LogP contribution in [0.4, 0.5) is 0 Å². The van der Waals surface area contributed by atoms with Crippen LogP contribution in [0.15, 0.2) is 72.9 Å². The Morgan fingerprint density at radius 3 is 2.27 bits per heavy atom. The molecule has 0 aliphatic rings. The van der Waals surface area contributed by atoms with Gasteiger partial charge in [-0.15, -0.1) is 0 Å². The predicted molar refractivity (Wildman–Crippen MR) is 162 cm³/mol. The quantitative estimate of drug-likeness (QED) is 0.206. The van der Waals surface area contributed by atoms with Crippen molar-refractivity contribution in [1.29, 1.82) is 0 Å². The second-order valence-electron chi connectivity index (χ2n) is 11.5. The standard InChI is InChI=1S/C33H40N4O4/c1-21(30(38)37-29(31(39)41-5)18-24-19-35-28-16-9-8-15-27(24)28)34-20-25(36-32(40)33(2,3)4)17-23-13-10-12-22-11-6-7-14-26(22)23/h6-16,19,21,25,29,34-35H,17-18,20H2,1-5H3,(H,36,40)(H,37,38)/t21-,25+,29-/m0/s1. The molecule has 0 bridgehead atoms. The number of amides is 2. The van der Waals surface area contributed by atoms with Gasteiger partial charge in [-0.25, -0.2) is 4.79 Å². The van der Waals surface area contributed by atoms with Gasteiger partial charge in [0, 0.05) is 41.5 Å². The first-order chi connectivity index (χ1) is 19.6. The van der Waals surface area contributed by atoms with E-state index in [1.807, 2.05) is 69.4 Å². The number of hydrogen-bond acceptors (Lipinski definition) is 5. The van der Waals surface area contributed by atoms with Crippen LogP contribution in [0.25, 0.3) is 21.7 Å². The van der Waals surface area contributed by atoms with Gasteiger partial charge in [0.15, 0.2) is 0 Å². The van der Waals surface area contributed by atoms with E-state index in [0.717, 1.165) is 32.8 Å². The molecule has 41 heavy (non-hydrogen) atoms. The lowest BCUT2D eigenvalue weighted by Gasteiger charge is -2.27. The van der Waals surface area contributed by atoms with Gasteiger partial charge in [0.1, 0.15) is 6.04 Å². The lowest BCUT2D eigenvalue weighted by Crippen LogP contribution is -2.53. The largest absolute Gasteiger partial charge is 0.467 e. The van der Waals surface area contributed by atoms with Crippen LogP contribution in [-0.2, 0) is 32.0 Å². The maximum atomic E-state index is 13.2. The molecular formula is C33H40N4O4. The molecule has 3 atom stereocenters. The number of carbonyl (C=O) groups is 3. The Morgan fingerprint density at radius 1 is 0.854 bits per heavy atom. The molecule has 1 heterocycles. The first-order valence-electron chi connectivity index (χ1n) is 14.0. The van der Waals surface area contributed by atoms with Crippen molar-refractivity contribution in [2.45, 2.75) is 58.7 Å². The maximum Gasteiger partial charge on any atom is 0.328 e. The fourth-order valence-corrected chi connectivity index (χ4v) is 4.88. The topological polar surface area (TPSA) is 112 Å². The number of aromatic nitrogens is 1. The first kappa shape index (κ1) is 29.8. The van der Waals surface area contributed by atoms with Crippen molar-refractivity contribution in [3.05, 3.63) is 84.1 Å². The van der Waals surface area contributed by atoms with E-state index in [-0.39, 0.29) is 17.9 Å². The molecule has 0 fully saturated rings. The molecule has 3 aromatic carbocycles. The molecule has 0 spiro atoms. The first-order valence-corrected chi connectivity index (χ1v) is 14.0. The van der Waals surface area contributed by atoms with Gasteiger partial charge < -0.3 is 25.7 Å². The third kappa shape index (κ3) is 7.52. The Hall–Kier alpha value is -4.17. The van der Waals surface area contributed by atoms with Crippen molar-refractivity contribution in [2.75, 3.05) is 13.7 Å². The fraction of sp³-hybridized carbons (Fsp3) is 0.364. The van der Waals surface area contributed by atoms with E-state index in [1.54, 1.807) is 6.92 Å². The van der Waals surface area contributed by atoms with Crippen LogP contribution in [-0.4, -0.2) is 54.5 Å². The Bertz CT molecular complexity index is 1520. The van der Waals surface area contributed by atoms with Crippen LogP contribution in [0.3, 0.4) is 0 Å². The van der Waals surface area contributed by atoms with Crippen molar-refractivity contribution in [1.82, 2.24) is 20.9 Å². The number of para-hydroxylation sites is 1. The van der Waals surface area contributed by atoms with Gasteiger partial charge in [-0.05, 0) is 41.3 Å². The van der Waals surface area contributed by atoms with E-state index in [4.69, 9.17) is 4.74 Å². The summed E-state index contributed by atoms with van der Waals surface area (Å²) in [6.45, 7) is 7.74. The number of ether oxygens (including phenoxy) is 1. The average molecular weight is 557 g/mol. The predicted octanol–water partition coefficient (Wildman–Crippen LogP) is 4.27. The van der Waals surface area contributed by atoms with Crippen LogP contribution in [0.1, 0.15) is 38.8 Å². The number of fused-ring (bicyclic) bond motifs is 2. The molecule has 8 heteroatoms. The van der Waals surface area contributed by atoms with Gasteiger partial charge >= 0.3 is 5.97 Å². The molecule has 0 saturated heterocycles. The third-order valence-electron chi connectivity index (χ3n) is 7.33. The molecular weight excluding hydrogens is 516 g/mol. The minimum atomic E-state index is -0.844. The summed E-state index contributed by atoms with van der Waals surface area (Å²) in [5.41, 5.74) is 2.43. The van der Waals surface area contributed by atoms with Crippen LogP contribution in [0, 0.1) is 5.41 Å². The van der Waals surface area contributed by atoms with Crippen molar-refractivity contribution in [3.8, 4) is 0 Å². The molecule has 0 unspecified atom stereocenters. The summed E-state index contributed by atoms with van der Waals surface area (Å²) in [5, 5.41) is 12.6. The summed E-state index contributed by atoms with van der Waals surface area (Å²) in [7, 11) is 1.31. The number of aromatic amines is 1. The number of hydrogen-bond donors (Lipinski definition) is 4. The van der Waals surface area contributed by atoms with Crippen LogP contribution < -0.4 is 16.0 Å². The van der Waals surface area contributed by atoms with Gasteiger partial charge in [0.25, 0.3) is 0 Å². The van der Waals surface area contributed by atoms with E-state index in [1.165, 1.54) is 7.11 Å². The van der Waals surface area contributed by atoms with E-state index in [0.29, 0.717) is 19.4 Å². The zero-order valence-corrected chi connectivity index (χ0v) is 24.4. The fourth-order valence-electron chi connectivity index (χ4n) is 4.88. The Balaban J connectivity index is 1.45. The van der Waals surface area contributed by atoms with Gasteiger partial charge in [0.05, 0.1) is 13.2 Å². The molecule has 1 aromatic heterocycles. The summed E-state index contributed by atoms with van der Waals surface area (Å²) in [6.07, 6.45) is 2.74. The van der Waals surface area contributed by atoms with E-state index >= 15 is 0 Å². The Morgan fingerprint density at radius 2 is 1.54 bits per heavy atom. The molecule has 216 valence electrons. The molecule has 0 saturated carbocycles. The van der Waals surface area contributed by atoms with Crippen LogP contribution >= 0.6 is 0 Å². The molecule has 4 aromatic rings. The number of methoxy groups -OCH3 is 1. The summed E-state index contributed by atoms with van der Waals surface area (Å²) in [4.78, 5) is 42.0. The zero-order chi connectivity index (χ0) is 29.6. The van der Waals surface area contributed by atoms with Crippen LogP contribution in [0.5, 0.6) is 0 Å². The van der Waals surface area contributed by atoms with Gasteiger partial charge in [-0.3, -0.25) is 9.59 Å². The molecule has 4 N–H and O–H groups in total. The Labute approximate surface area is 241 Å². The van der Waals surface area contributed by atoms with E-state index in [2.05, 4.69) is 45.2 Å². The van der Waals surface area contributed by atoms with E-state index < -0.39 is 23.5 Å². The number of H-pyrrole nitrogens is 1. The molecule has 2 amide bonds.